The molecule has 2 nitrogen and oxygen atoms in total. The minimum Gasteiger partial charge on any atom is -0.382 e. The Balaban J connectivity index is 1.87. The highest BCUT2D eigenvalue weighted by Gasteiger charge is 2.11. The Labute approximate surface area is 91.2 Å². The van der Waals surface area contributed by atoms with Gasteiger partial charge in [-0.05, 0) is 29.5 Å². The molecular weight excluding hydrogens is 188 g/mol. The molecule has 0 amide bonds. The van der Waals surface area contributed by atoms with Crippen LogP contribution in [0.5, 0.6) is 0 Å². The summed E-state index contributed by atoms with van der Waals surface area (Å²) in [7, 11) is 1.68. The molecule has 0 saturated carbocycles. The van der Waals surface area contributed by atoms with Crippen LogP contribution in [0.4, 0.5) is 0 Å². The van der Waals surface area contributed by atoms with Gasteiger partial charge in [-0.25, -0.2) is 0 Å². The molecule has 0 aliphatic heterocycles. The first kappa shape index (κ1) is 10.7. The topological polar surface area (TPSA) is 18.5 Å². The molecule has 2 heteroatoms. The van der Waals surface area contributed by atoms with E-state index in [9.17, 15) is 0 Å². The molecule has 1 aromatic rings. The zero-order chi connectivity index (χ0) is 10.5. The quantitative estimate of drug-likeness (QED) is 0.685. The van der Waals surface area contributed by atoms with Crippen LogP contribution in [-0.2, 0) is 22.5 Å². The third kappa shape index (κ3) is 2.80. The van der Waals surface area contributed by atoms with Gasteiger partial charge in [-0.1, -0.05) is 18.2 Å². The van der Waals surface area contributed by atoms with Crippen molar-refractivity contribution >= 4 is 0 Å². The van der Waals surface area contributed by atoms with Crippen LogP contribution >= 0.6 is 0 Å². The number of hydrogen-bond acceptors (Lipinski definition) is 2. The van der Waals surface area contributed by atoms with Gasteiger partial charge < -0.3 is 9.47 Å². The Morgan fingerprint density at radius 2 is 2.27 bits per heavy atom. The van der Waals surface area contributed by atoms with Gasteiger partial charge >= 0.3 is 0 Å². The fourth-order valence-electron chi connectivity index (χ4n) is 1.78. The van der Waals surface area contributed by atoms with E-state index in [1.165, 1.54) is 16.7 Å². The second-order valence-electron chi connectivity index (χ2n) is 3.71. The summed E-state index contributed by atoms with van der Waals surface area (Å²) in [5.41, 5.74) is 3.92. The number of hydrogen-bond donors (Lipinski definition) is 0. The fraction of sp³-hybridized carbons (Fsp3) is 0.462. The number of benzene rings is 1. The van der Waals surface area contributed by atoms with Crippen LogP contribution in [-0.4, -0.2) is 20.3 Å². The molecule has 0 bridgehead atoms. The number of ether oxygens (including phenoxy) is 2. The van der Waals surface area contributed by atoms with E-state index in [0.717, 1.165) is 12.8 Å². The standard InChI is InChI=1S/C13H16O2/c1-14-7-8-15-10-11-5-6-12-3-2-4-13(12)9-11/h5-6,9H,2,4,7-8,10H2,1H3. The molecule has 0 fully saturated rings. The summed E-state index contributed by atoms with van der Waals surface area (Å²) in [6.07, 6.45) is 5.53. The van der Waals surface area contributed by atoms with Gasteiger partial charge in [0.1, 0.15) is 0 Å². The Hall–Kier alpha value is -0.860. The van der Waals surface area contributed by atoms with E-state index in [-0.39, 0.29) is 0 Å². The third-order valence-corrected chi connectivity index (χ3v) is 2.58. The number of aryl methyl sites for hydroxylation is 1. The molecule has 0 N–H and O–H groups in total. The summed E-state index contributed by atoms with van der Waals surface area (Å²) < 4.78 is 10.4. The van der Waals surface area contributed by atoms with Crippen LogP contribution in [0.3, 0.4) is 0 Å². The van der Waals surface area contributed by atoms with E-state index in [4.69, 9.17) is 9.47 Å². The van der Waals surface area contributed by atoms with Crippen molar-refractivity contribution < 1.29 is 9.47 Å². The van der Waals surface area contributed by atoms with E-state index < -0.39 is 0 Å². The molecule has 0 aromatic heterocycles. The zero-order valence-electron chi connectivity index (χ0n) is 9.08. The maximum Gasteiger partial charge on any atom is 0.0718 e. The lowest BCUT2D eigenvalue weighted by atomic mass is 10.1. The first-order valence-electron chi connectivity index (χ1n) is 5.32. The van der Waals surface area contributed by atoms with Gasteiger partial charge in [0.2, 0.25) is 0 Å². The highest BCUT2D eigenvalue weighted by atomic mass is 16.5. The molecule has 1 aliphatic rings. The maximum absolute atomic E-state index is 5.47. The van der Waals surface area contributed by atoms with Gasteiger partial charge in [-0.2, -0.15) is 0 Å². The summed E-state index contributed by atoms with van der Waals surface area (Å²) in [5.74, 6) is 0. The van der Waals surface area contributed by atoms with Crippen molar-refractivity contribution in [1.29, 1.82) is 0 Å². The Morgan fingerprint density at radius 3 is 3.13 bits per heavy atom. The normalized spacial score (nSPS) is 14.2. The minimum atomic E-state index is 0.659. The molecule has 15 heavy (non-hydrogen) atoms. The third-order valence-electron chi connectivity index (χ3n) is 2.58. The molecule has 2 radical (unpaired) electrons. The average Bonchev–Trinajstić information content (AvgIpc) is 2.71. The van der Waals surface area contributed by atoms with Crippen LogP contribution in [0.25, 0.3) is 0 Å². The van der Waals surface area contributed by atoms with E-state index in [0.29, 0.717) is 19.8 Å². The smallest absolute Gasteiger partial charge is 0.0718 e. The van der Waals surface area contributed by atoms with Crippen molar-refractivity contribution in [3.63, 3.8) is 0 Å². The van der Waals surface area contributed by atoms with Crippen LogP contribution in [0.15, 0.2) is 18.2 Å². The molecule has 80 valence electrons. The van der Waals surface area contributed by atoms with Crippen molar-refractivity contribution in [3.05, 3.63) is 41.3 Å². The summed E-state index contributed by atoms with van der Waals surface area (Å²) in [6.45, 7) is 2.00. The second kappa shape index (κ2) is 5.29. The van der Waals surface area contributed by atoms with E-state index >= 15 is 0 Å². The van der Waals surface area contributed by atoms with Gasteiger partial charge in [0.05, 0.1) is 19.8 Å². The first-order chi connectivity index (χ1) is 7.40. The molecule has 0 heterocycles. The highest BCUT2D eigenvalue weighted by Crippen LogP contribution is 2.24. The molecule has 0 atom stereocenters. The monoisotopic (exact) mass is 204 g/mol. The predicted molar refractivity (Wildman–Crippen MR) is 58.6 cm³/mol. The Bertz CT molecular complexity index is 320. The molecule has 1 aliphatic carbocycles. The summed E-state index contributed by atoms with van der Waals surface area (Å²) in [5, 5.41) is 0. The largest absolute Gasteiger partial charge is 0.382 e. The number of methoxy groups -OCH3 is 1. The lowest BCUT2D eigenvalue weighted by Crippen LogP contribution is -2.02. The zero-order valence-corrected chi connectivity index (χ0v) is 9.08. The summed E-state index contributed by atoms with van der Waals surface area (Å²) in [6, 6.07) is 6.48. The Morgan fingerprint density at radius 1 is 1.33 bits per heavy atom. The summed E-state index contributed by atoms with van der Waals surface area (Å²) >= 11 is 0. The van der Waals surface area contributed by atoms with Crippen LogP contribution in [0, 0.1) is 6.42 Å². The van der Waals surface area contributed by atoms with E-state index in [1.807, 2.05) is 0 Å². The van der Waals surface area contributed by atoms with Gasteiger partial charge in [0, 0.05) is 13.5 Å². The lowest BCUT2D eigenvalue weighted by Gasteiger charge is -2.06. The molecule has 2 rings (SSSR count). The number of fused-ring (bicyclic) bond motifs is 1. The van der Waals surface area contributed by atoms with Crippen LogP contribution in [0.2, 0.25) is 0 Å². The van der Waals surface area contributed by atoms with Crippen molar-refractivity contribution in [2.24, 2.45) is 0 Å². The van der Waals surface area contributed by atoms with Gasteiger partial charge in [-0.3, -0.25) is 0 Å². The predicted octanol–water partition coefficient (Wildman–Crippen LogP) is 2.23. The van der Waals surface area contributed by atoms with Crippen molar-refractivity contribution in [1.82, 2.24) is 0 Å². The molecule has 0 spiro atoms. The highest BCUT2D eigenvalue weighted by molar-refractivity contribution is 5.40. The van der Waals surface area contributed by atoms with Crippen molar-refractivity contribution in [3.8, 4) is 0 Å². The summed E-state index contributed by atoms with van der Waals surface area (Å²) in [4.78, 5) is 0. The molecular formula is C13H16O2. The minimum absolute atomic E-state index is 0.659. The molecule has 0 saturated heterocycles. The van der Waals surface area contributed by atoms with Gasteiger partial charge in [0.25, 0.3) is 0 Å². The average molecular weight is 204 g/mol. The molecule has 1 aromatic carbocycles. The van der Waals surface area contributed by atoms with Crippen molar-refractivity contribution in [2.45, 2.75) is 19.4 Å². The second-order valence-corrected chi connectivity index (χ2v) is 3.71. The Kier molecular flexibility index (Phi) is 3.75. The first-order valence-corrected chi connectivity index (χ1v) is 5.32. The van der Waals surface area contributed by atoms with Gasteiger partial charge in [0.15, 0.2) is 0 Å². The van der Waals surface area contributed by atoms with Gasteiger partial charge in [-0.15, -0.1) is 0 Å². The van der Waals surface area contributed by atoms with Crippen molar-refractivity contribution in [2.75, 3.05) is 20.3 Å². The van der Waals surface area contributed by atoms with Crippen LogP contribution in [0.1, 0.15) is 23.1 Å². The SMILES string of the molecule is COCCOCc1ccc2c(c1)CC[C]2. The molecule has 0 unspecified atom stereocenters. The maximum atomic E-state index is 5.47. The van der Waals surface area contributed by atoms with Crippen LogP contribution < -0.4 is 0 Å². The van der Waals surface area contributed by atoms with E-state index in [2.05, 4.69) is 24.6 Å². The number of rotatable bonds is 5. The lowest BCUT2D eigenvalue weighted by molar-refractivity contribution is 0.0616. The fourth-order valence-corrected chi connectivity index (χ4v) is 1.78. The van der Waals surface area contributed by atoms with E-state index in [1.54, 1.807) is 7.11 Å².